The molecule has 20 heavy (non-hydrogen) atoms. The highest BCUT2D eigenvalue weighted by molar-refractivity contribution is 5.66. The van der Waals surface area contributed by atoms with Crippen LogP contribution in [0.1, 0.15) is 18.9 Å². The summed E-state index contributed by atoms with van der Waals surface area (Å²) in [5, 5.41) is 12.0. The van der Waals surface area contributed by atoms with Gasteiger partial charge in [-0.05, 0) is 38.1 Å². The molecule has 1 aliphatic rings. The minimum atomic E-state index is -0.749. The van der Waals surface area contributed by atoms with Crippen molar-refractivity contribution >= 4 is 11.7 Å². The Bertz CT molecular complexity index is 476. The summed E-state index contributed by atoms with van der Waals surface area (Å²) in [6.07, 6.45) is 1.30. The van der Waals surface area contributed by atoms with Crippen molar-refractivity contribution in [3.05, 3.63) is 23.8 Å². The molecule has 5 heteroatoms. The quantitative estimate of drug-likeness (QED) is 0.831. The van der Waals surface area contributed by atoms with E-state index in [1.807, 2.05) is 24.9 Å². The van der Waals surface area contributed by atoms with Crippen LogP contribution in [0.2, 0.25) is 0 Å². The Morgan fingerprint density at radius 3 is 3.05 bits per heavy atom. The van der Waals surface area contributed by atoms with Gasteiger partial charge in [-0.15, -0.1) is 0 Å². The second-order valence-corrected chi connectivity index (χ2v) is 5.34. The molecule has 0 aromatic heterocycles. The van der Waals surface area contributed by atoms with Crippen molar-refractivity contribution in [3.8, 4) is 5.75 Å². The number of aliphatic carboxylic acids is 1. The van der Waals surface area contributed by atoms with Crippen molar-refractivity contribution in [2.45, 2.75) is 25.9 Å². The molecule has 0 fully saturated rings. The van der Waals surface area contributed by atoms with E-state index in [2.05, 4.69) is 17.4 Å². The normalized spacial score (nSPS) is 17.2. The van der Waals surface area contributed by atoms with Crippen molar-refractivity contribution < 1.29 is 14.6 Å². The van der Waals surface area contributed by atoms with Crippen LogP contribution in [0.15, 0.2) is 18.2 Å². The Morgan fingerprint density at radius 1 is 1.50 bits per heavy atom. The maximum absolute atomic E-state index is 10.5. The number of carbonyl (C=O) groups is 1. The Kier molecular flexibility index (Phi) is 4.84. The molecule has 5 nitrogen and oxygen atoms in total. The molecule has 0 amide bonds. The maximum Gasteiger partial charge on any atom is 0.304 e. The summed E-state index contributed by atoms with van der Waals surface area (Å²) in [6.45, 7) is 4.30. The van der Waals surface area contributed by atoms with Gasteiger partial charge in [-0.1, -0.05) is 6.07 Å². The number of carboxylic acid groups (broad SMARTS) is 1. The molecule has 1 aromatic rings. The molecule has 1 aliphatic heterocycles. The fraction of sp³-hybridized carbons (Fsp3) is 0.533. The predicted molar refractivity (Wildman–Crippen MR) is 78.5 cm³/mol. The van der Waals surface area contributed by atoms with E-state index in [0.29, 0.717) is 6.54 Å². The monoisotopic (exact) mass is 278 g/mol. The van der Waals surface area contributed by atoms with Crippen molar-refractivity contribution in [2.24, 2.45) is 0 Å². The van der Waals surface area contributed by atoms with E-state index in [0.717, 1.165) is 30.9 Å². The number of hydrogen-bond donors (Lipinski definition) is 2. The summed E-state index contributed by atoms with van der Waals surface area (Å²) in [5.74, 6) is 0.160. The van der Waals surface area contributed by atoms with Gasteiger partial charge < -0.3 is 20.1 Å². The molecule has 2 N–H and O–H groups in total. The summed E-state index contributed by atoms with van der Waals surface area (Å²) in [5.41, 5.74) is 2.28. The first kappa shape index (κ1) is 14.7. The molecule has 1 heterocycles. The van der Waals surface area contributed by atoms with Gasteiger partial charge in [-0.25, -0.2) is 0 Å². The van der Waals surface area contributed by atoms with Gasteiger partial charge >= 0.3 is 5.97 Å². The van der Waals surface area contributed by atoms with Gasteiger partial charge in [0.1, 0.15) is 11.9 Å². The molecule has 0 aliphatic carbocycles. The average Bonchev–Trinajstić information content (AvgIpc) is 2.42. The number of nitrogens with zero attached hydrogens (tertiary/aromatic N) is 1. The molecule has 0 saturated heterocycles. The lowest BCUT2D eigenvalue weighted by molar-refractivity contribution is -0.137. The van der Waals surface area contributed by atoms with E-state index in [1.54, 1.807) is 0 Å². The van der Waals surface area contributed by atoms with Crippen molar-refractivity contribution in [2.75, 3.05) is 32.0 Å². The van der Waals surface area contributed by atoms with Crippen LogP contribution in [-0.2, 0) is 11.2 Å². The topological polar surface area (TPSA) is 61.8 Å². The van der Waals surface area contributed by atoms with Crippen LogP contribution < -0.4 is 10.1 Å². The number of hydrogen-bond acceptors (Lipinski definition) is 4. The first-order chi connectivity index (χ1) is 9.54. The number of carboxylic acids is 1. The minimum Gasteiger partial charge on any atom is -0.487 e. The molecule has 2 rings (SSSR count). The van der Waals surface area contributed by atoms with Crippen LogP contribution in [0.4, 0.5) is 5.69 Å². The Labute approximate surface area is 119 Å². The lowest BCUT2D eigenvalue weighted by Crippen LogP contribution is -2.28. The Morgan fingerprint density at radius 2 is 2.30 bits per heavy atom. The first-order valence-electron chi connectivity index (χ1n) is 6.98. The molecule has 0 bridgehead atoms. The third kappa shape index (κ3) is 4.13. The largest absolute Gasteiger partial charge is 0.487 e. The van der Waals surface area contributed by atoms with Crippen molar-refractivity contribution in [1.29, 1.82) is 0 Å². The van der Waals surface area contributed by atoms with Crippen molar-refractivity contribution in [3.63, 3.8) is 0 Å². The number of fused-ring (bicyclic) bond motifs is 1. The predicted octanol–water partition coefficient (Wildman–Crippen LogP) is 1.83. The van der Waals surface area contributed by atoms with Gasteiger partial charge in [-0.2, -0.15) is 0 Å². The zero-order chi connectivity index (χ0) is 14.5. The molecule has 1 atom stereocenters. The molecular weight excluding hydrogens is 256 g/mol. The average molecular weight is 278 g/mol. The fourth-order valence-corrected chi connectivity index (χ4v) is 2.20. The van der Waals surface area contributed by atoms with Crippen LogP contribution in [0, 0.1) is 0 Å². The maximum atomic E-state index is 10.5. The van der Waals surface area contributed by atoms with E-state index in [9.17, 15) is 4.79 Å². The lowest BCUT2D eigenvalue weighted by atomic mass is 10.1. The number of benzene rings is 1. The Balaban J connectivity index is 1.86. The van der Waals surface area contributed by atoms with Crippen LogP contribution in [0.5, 0.6) is 5.75 Å². The highest BCUT2D eigenvalue weighted by atomic mass is 16.5. The molecule has 0 saturated carbocycles. The summed E-state index contributed by atoms with van der Waals surface area (Å²) >= 11 is 0. The van der Waals surface area contributed by atoms with Gasteiger partial charge in [0, 0.05) is 13.1 Å². The highest BCUT2D eigenvalue weighted by Crippen LogP contribution is 2.29. The van der Waals surface area contributed by atoms with Gasteiger partial charge in [0.15, 0.2) is 0 Å². The number of likely N-dealkylation sites (N-methyl/N-ethyl adjacent to an activating group) is 1. The number of ether oxygens (including phenoxy) is 1. The Hall–Kier alpha value is -1.75. The zero-order valence-corrected chi connectivity index (χ0v) is 12.1. The third-order valence-electron chi connectivity index (χ3n) is 3.44. The molecule has 1 aromatic carbocycles. The minimum absolute atomic E-state index is 0.188. The lowest BCUT2D eigenvalue weighted by Gasteiger charge is -2.25. The molecule has 0 radical (unpaired) electrons. The van der Waals surface area contributed by atoms with Gasteiger partial charge in [0.05, 0.1) is 18.7 Å². The summed E-state index contributed by atoms with van der Waals surface area (Å²) in [6, 6.07) is 6.19. The van der Waals surface area contributed by atoms with Crippen LogP contribution in [-0.4, -0.2) is 48.8 Å². The van der Waals surface area contributed by atoms with Crippen molar-refractivity contribution in [1.82, 2.24) is 4.90 Å². The summed E-state index contributed by atoms with van der Waals surface area (Å²) in [7, 11) is 1.95. The number of nitrogens with one attached hydrogen (secondary N) is 1. The first-order valence-corrected chi connectivity index (χ1v) is 6.98. The molecule has 1 unspecified atom stereocenters. The number of anilines is 1. The molecular formula is C15H22N2O3. The van der Waals surface area contributed by atoms with E-state index in [-0.39, 0.29) is 12.5 Å². The van der Waals surface area contributed by atoms with E-state index in [1.165, 1.54) is 5.56 Å². The third-order valence-corrected chi connectivity index (χ3v) is 3.44. The highest BCUT2D eigenvalue weighted by Gasteiger charge is 2.15. The fourth-order valence-electron chi connectivity index (χ4n) is 2.20. The van der Waals surface area contributed by atoms with Gasteiger partial charge in [0.2, 0.25) is 0 Å². The second-order valence-electron chi connectivity index (χ2n) is 5.34. The van der Waals surface area contributed by atoms with Crippen LogP contribution in [0.3, 0.4) is 0 Å². The SMILES string of the molecule is CC1CNc2cc(CCN(C)CCC(=O)O)ccc2O1. The zero-order valence-electron chi connectivity index (χ0n) is 12.1. The van der Waals surface area contributed by atoms with E-state index in [4.69, 9.17) is 9.84 Å². The van der Waals surface area contributed by atoms with E-state index >= 15 is 0 Å². The van der Waals surface area contributed by atoms with Crippen LogP contribution in [0.25, 0.3) is 0 Å². The second kappa shape index (κ2) is 6.61. The standard InChI is InChI=1S/C15H22N2O3/c1-11-10-16-13-9-12(3-4-14(13)20-11)5-7-17(2)8-6-15(18)19/h3-4,9,11,16H,5-8,10H2,1-2H3,(H,18,19). The van der Waals surface area contributed by atoms with Crippen LogP contribution >= 0.6 is 0 Å². The summed E-state index contributed by atoms with van der Waals surface area (Å²) < 4.78 is 5.74. The molecule has 110 valence electrons. The molecule has 0 spiro atoms. The smallest absolute Gasteiger partial charge is 0.304 e. The van der Waals surface area contributed by atoms with E-state index < -0.39 is 5.97 Å². The summed E-state index contributed by atoms with van der Waals surface area (Å²) in [4.78, 5) is 12.6. The number of rotatable bonds is 6. The van der Waals surface area contributed by atoms with Gasteiger partial charge in [-0.3, -0.25) is 4.79 Å². The van der Waals surface area contributed by atoms with Gasteiger partial charge in [0.25, 0.3) is 0 Å².